The fourth-order valence-electron chi connectivity index (χ4n) is 2.17. The van der Waals surface area contributed by atoms with E-state index in [2.05, 4.69) is 31.1 Å². The smallest absolute Gasteiger partial charge is 0.355 e. The van der Waals surface area contributed by atoms with E-state index < -0.39 is 18.5 Å². The highest BCUT2D eigenvalue weighted by Gasteiger charge is 2.15. The molecule has 1 aromatic carbocycles. The van der Waals surface area contributed by atoms with Crippen molar-refractivity contribution in [2.75, 3.05) is 11.9 Å². The van der Waals surface area contributed by atoms with E-state index in [1.54, 1.807) is 0 Å². The van der Waals surface area contributed by atoms with Gasteiger partial charge in [0.1, 0.15) is 5.69 Å². The van der Waals surface area contributed by atoms with Crippen LogP contribution in [-0.4, -0.2) is 29.3 Å². The zero-order chi connectivity index (χ0) is 18.6. The van der Waals surface area contributed by atoms with Crippen molar-refractivity contribution in [2.24, 2.45) is 0 Å². The Hall–Kier alpha value is -2.89. The Morgan fingerprint density at radius 3 is 2.28 bits per heavy atom. The first-order valence-corrected chi connectivity index (χ1v) is 7.93. The summed E-state index contributed by atoms with van der Waals surface area (Å²) >= 11 is 0. The Balaban J connectivity index is 1.87. The van der Waals surface area contributed by atoms with E-state index in [0.29, 0.717) is 11.3 Å². The summed E-state index contributed by atoms with van der Waals surface area (Å²) in [5.41, 5.74) is 2.34. The Labute approximate surface area is 146 Å². The molecule has 0 aliphatic rings. The van der Waals surface area contributed by atoms with Crippen molar-refractivity contribution < 1.29 is 19.1 Å². The third kappa shape index (κ3) is 5.04. The molecule has 0 bridgehead atoms. The summed E-state index contributed by atoms with van der Waals surface area (Å²) in [5, 5.41) is 2.67. The molecule has 25 heavy (non-hydrogen) atoms. The second-order valence-electron chi connectivity index (χ2n) is 6.81. The third-order valence-corrected chi connectivity index (χ3v) is 3.68. The van der Waals surface area contributed by atoms with Crippen molar-refractivity contribution in [3.63, 3.8) is 0 Å². The van der Waals surface area contributed by atoms with E-state index in [9.17, 15) is 14.4 Å². The first-order valence-electron chi connectivity index (χ1n) is 7.93. The number of hydrogen-bond acceptors (Lipinski definition) is 4. The van der Waals surface area contributed by atoms with Gasteiger partial charge in [0.05, 0.1) is 0 Å². The zero-order valence-corrected chi connectivity index (χ0v) is 14.8. The number of esters is 1. The number of aromatic nitrogens is 1. The fourth-order valence-corrected chi connectivity index (χ4v) is 2.17. The summed E-state index contributed by atoms with van der Waals surface area (Å²) < 4.78 is 4.94. The van der Waals surface area contributed by atoms with Crippen LogP contribution in [0.25, 0.3) is 0 Å². The highest BCUT2D eigenvalue weighted by atomic mass is 16.5. The van der Waals surface area contributed by atoms with Crippen LogP contribution in [0, 0.1) is 0 Å². The van der Waals surface area contributed by atoms with Crippen molar-refractivity contribution >= 4 is 23.3 Å². The molecule has 0 radical (unpaired) electrons. The van der Waals surface area contributed by atoms with E-state index in [4.69, 9.17) is 4.74 Å². The van der Waals surface area contributed by atoms with Crippen molar-refractivity contribution in [3.8, 4) is 0 Å². The Kier molecular flexibility index (Phi) is 5.41. The quantitative estimate of drug-likeness (QED) is 0.644. The van der Waals surface area contributed by atoms with Crippen LogP contribution in [0.2, 0.25) is 0 Å². The maximum Gasteiger partial charge on any atom is 0.355 e. The van der Waals surface area contributed by atoms with Gasteiger partial charge in [0.2, 0.25) is 0 Å². The van der Waals surface area contributed by atoms with Gasteiger partial charge in [-0.1, -0.05) is 32.9 Å². The van der Waals surface area contributed by atoms with Crippen LogP contribution < -0.4 is 5.32 Å². The van der Waals surface area contributed by atoms with E-state index in [1.165, 1.54) is 19.2 Å². The number of rotatable bonds is 5. The minimum absolute atomic E-state index is 0.0346. The average Bonchev–Trinajstić information content (AvgIpc) is 3.02. The number of H-pyrrole nitrogens is 1. The van der Waals surface area contributed by atoms with Crippen molar-refractivity contribution in [1.82, 2.24) is 4.98 Å². The predicted molar refractivity (Wildman–Crippen MR) is 94.9 cm³/mol. The molecular formula is C19H22N2O4. The number of amides is 1. The maximum absolute atomic E-state index is 11.9. The SMILES string of the molecule is CC(=O)c1c[nH]c(C(=O)OCC(=O)Nc2ccc(C(C)(C)C)cc2)c1. The summed E-state index contributed by atoms with van der Waals surface area (Å²) in [7, 11) is 0. The first-order chi connectivity index (χ1) is 11.7. The van der Waals surface area contributed by atoms with Crippen LogP contribution in [0.15, 0.2) is 36.5 Å². The number of carbonyl (C=O) groups excluding carboxylic acids is 3. The molecule has 0 fully saturated rings. The Morgan fingerprint density at radius 2 is 1.76 bits per heavy atom. The van der Waals surface area contributed by atoms with Gasteiger partial charge >= 0.3 is 5.97 Å². The molecule has 132 valence electrons. The minimum Gasteiger partial charge on any atom is -0.451 e. The highest BCUT2D eigenvalue weighted by molar-refractivity contribution is 5.98. The van der Waals surface area contributed by atoms with E-state index in [0.717, 1.165) is 5.56 Å². The van der Waals surface area contributed by atoms with Gasteiger partial charge in [-0.2, -0.15) is 0 Å². The van der Waals surface area contributed by atoms with Crippen LogP contribution in [-0.2, 0) is 14.9 Å². The number of aromatic amines is 1. The van der Waals surface area contributed by atoms with E-state index >= 15 is 0 Å². The molecule has 6 heteroatoms. The average molecular weight is 342 g/mol. The first kappa shape index (κ1) is 18.4. The van der Waals surface area contributed by atoms with Gasteiger partial charge in [-0.05, 0) is 36.1 Å². The lowest BCUT2D eigenvalue weighted by atomic mass is 9.87. The van der Waals surface area contributed by atoms with Crippen molar-refractivity contribution in [3.05, 3.63) is 53.3 Å². The summed E-state index contributed by atoms with van der Waals surface area (Å²) in [6, 6.07) is 8.91. The van der Waals surface area contributed by atoms with E-state index in [-0.39, 0.29) is 16.9 Å². The van der Waals surface area contributed by atoms with Gasteiger partial charge < -0.3 is 15.0 Å². The number of benzene rings is 1. The monoisotopic (exact) mass is 342 g/mol. The molecule has 1 heterocycles. The highest BCUT2D eigenvalue weighted by Crippen LogP contribution is 2.23. The molecule has 0 aliphatic carbocycles. The van der Waals surface area contributed by atoms with Crippen molar-refractivity contribution in [1.29, 1.82) is 0 Å². The number of anilines is 1. The predicted octanol–water partition coefficient (Wildman–Crippen LogP) is 3.31. The van der Waals surface area contributed by atoms with E-state index in [1.807, 2.05) is 24.3 Å². The lowest BCUT2D eigenvalue weighted by molar-refractivity contribution is -0.119. The minimum atomic E-state index is -0.689. The van der Waals surface area contributed by atoms with Gasteiger partial charge in [0.25, 0.3) is 5.91 Å². The molecule has 0 saturated heterocycles. The van der Waals surface area contributed by atoms with Gasteiger partial charge in [0.15, 0.2) is 12.4 Å². The molecule has 2 aromatic rings. The summed E-state index contributed by atoms with van der Waals surface area (Å²) in [6.45, 7) is 7.32. The molecule has 2 N–H and O–H groups in total. The number of carbonyl (C=O) groups is 3. The van der Waals surface area contributed by atoms with Crippen LogP contribution in [0.5, 0.6) is 0 Å². The molecule has 0 spiro atoms. The standard InChI is InChI=1S/C19H22N2O4/c1-12(22)13-9-16(20-10-13)18(24)25-11-17(23)21-15-7-5-14(6-8-15)19(2,3)4/h5-10,20H,11H2,1-4H3,(H,21,23). The lowest BCUT2D eigenvalue weighted by Gasteiger charge is -2.19. The summed E-state index contributed by atoms with van der Waals surface area (Å²) in [5.74, 6) is -1.28. The van der Waals surface area contributed by atoms with Gasteiger partial charge in [-0.3, -0.25) is 9.59 Å². The van der Waals surface area contributed by atoms with Gasteiger partial charge in [0, 0.05) is 17.4 Å². The number of ether oxygens (including phenoxy) is 1. The number of Topliss-reactive ketones (excluding diaryl/α,β-unsaturated/α-hetero) is 1. The third-order valence-electron chi connectivity index (χ3n) is 3.68. The van der Waals surface area contributed by atoms with Gasteiger partial charge in [-0.15, -0.1) is 0 Å². The molecular weight excluding hydrogens is 320 g/mol. The maximum atomic E-state index is 11.9. The number of hydrogen-bond donors (Lipinski definition) is 2. The normalized spacial score (nSPS) is 11.0. The molecule has 6 nitrogen and oxygen atoms in total. The molecule has 2 rings (SSSR count). The molecule has 0 saturated carbocycles. The summed E-state index contributed by atoms with van der Waals surface area (Å²) in [6.07, 6.45) is 1.43. The number of ketones is 1. The zero-order valence-electron chi connectivity index (χ0n) is 14.8. The Bertz CT molecular complexity index is 783. The van der Waals surface area contributed by atoms with Crippen LogP contribution >= 0.6 is 0 Å². The van der Waals surface area contributed by atoms with Crippen molar-refractivity contribution in [2.45, 2.75) is 33.1 Å². The second kappa shape index (κ2) is 7.34. The van der Waals surface area contributed by atoms with Crippen LogP contribution in [0.4, 0.5) is 5.69 Å². The Morgan fingerprint density at radius 1 is 1.12 bits per heavy atom. The lowest BCUT2D eigenvalue weighted by Crippen LogP contribution is -2.21. The molecule has 0 atom stereocenters. The molecule has 1 amide bonds. The molecule has 0 unspecified atom stereocenters. The largest absolute Gasteiger partial charge is 0.451 e. The molecule has 1 aromatic heterocycles. The van der Waals surface area contributed by atoms with Crippen LogP contribution in [0.1, 0.15) is 54.1 Å². The van der Waals surface area contributed by atoms with Crippen LogP contribution in [0.3, 0.4) is 0 Å². The summed E-state index contributed by atoms with van der Waals surface area (Å²) in [4.78, 5) is 37.6. The number of nitrogens with one attached hydrogen (secondary N) is 2. The topological polar surface area (TPSA) is 88.3 Å². The van der Waals surface area contributed by atoms with Gasteiger partial charge in [-0.25, -0.2) is 4.79 Å². The fraction of sp³-hybridized carbons (Fsp3) is 0.316. The molecule has 0 aliphatic heterocycles. The second-order valence-corrected chi connectivity index (χ2v) is 6.81.